The molecule has 5 nitrogen and oxygen atoms in total. The van der Waals surface area contributed by atoms with Gasteiger partial charge in [-0.15, -0.1) is 11.3 Å². The number of rotatable bonds is 5. The Morgan fingerprint density at radius 3 is 2.78 bits per heavy atom. The van der Waals surface area contributed by atoms with Crippen LogP contribution in [0.2, 0.25) is 0 Å². The second-order valence-electron chi connectivity index (χ2n) is 7.09. The molecule has 3 aromatic rings. The molecule has 1 aliphatic rings. The van der Waals surface area contributed by atoms with E-state index in [4.69, 9.17) is 9.47 Å². The molecule has 0 bridgehead atoms. The zero-order valence-corrected chi connectivity index (χ0v) is 16.3. The predicted octanol–water partition coefficient (Wildman–Crippen LogP) is 4.37. The molecule has 0 radical (unpaired) electrons. The maximum atomic E-state index is 13.2. The van der Waals surface area contributed by atoms with Crippen molar-refractivity contribution < 1.29 is 14.3 Å². The lowest BCUT2D eigenvalue weighted by Crippen LogP contribution is -2.33. The summed E-state index contributed by atoms with van der Waals surface area (Å²) in [4.78, 5) is 19.4. The van der Waals surface area contributed by atoms with Crippen LogP contribution in [0.25, 0.3) is 10.2 Å². The summed E-state index contributed by atoms with van der Waals surface area (Å²) in [5.74, 6) is 1.93. The highest BCUT2D eigenvalue weighted by molar-refractivity contribution is 7.16. The van der Waals surface area contributed by atoms with Gasteiger partial charge < -0.3 is 14.4 Å². The maximum Gasteiger partial charge on any atom is 0.254 e. The first kappa shape index (κ1) is 17.8. The predicted molar refractivity (Wildman–Crippen MR) is 107 cm³/mol. The number of nitrogens with zero attached hydrogens (tertiary/aromatic N) is 2. The molecular weight excluding hydrogens is 360 g/mol. The summed E-state index contributed by atoms with van der Waals surface area (Å²) in [5, 5.41) is 0. The van der Waals surface area contributed by atoms with Crippen LogP contribution in [0.4, 0.5) is 0 Å². The Balaban J connectivity index is 1.59. The molecule has 140 valence electrons. The Labute approximate surface area is 162 Å². The van der Waals surface area contributed by atoms with Crippen LogP contribution < -0.4 is 9.47 Å². The van der Waals surface area contributed by atoms with E-state index >= 15 is 0 Å². The van der Waals surface area contributed by atoms with Gasteiger partial charge in [0.1, 0.15) is 13.2 Å². The third kappa shape index (κ3) is 3.90. The summed E-state index contributed by atoms with van der Waals surface area (Å²) in [5.41, 5.74) is 4.47. The molecule has 2 heterocycles. The van der Waals surface area contributed by atoms with Crippen LogP contribution in [-0.2, 0) is 6.54 Å². The van der Waals surface area contributed by atoms with E-state index in [-0.39, 0.29) is 5.91 Å². The highest BCUT2D eigenvalue weighted by atomic mass is 32.1. The number of thiazole rings is 1. The van der Waals surface area contributed by atoms with Gasteiger partial charge in [0.2, 0.25) is 0 Å². The SMILES string of the molecule is CC(C)CN(Cc1ccc2c(c1)OCCO2)C(=O)c1ccc2ncsc2c1. The van der Waals surface area contributed by atoms with E-state index in [0.717, 1.165) is 27.3 Å². The number of hydrogen-bond donors (Lipinski definition) is 0. The molecule has 1 aromatic heterocycles. The number of ether oxygens (including phenoxy) is 2. The standard InChI is InChI=1S/C21H22N2O3S/c1-14(2)11-23(12-15-3-6-18-19(9-15)26-8-7-25-18)21(24)16-4-5-17-20(10-16)27-13-22-17/h3-6,9-10,13-14H,7-8,11-12H2,1-2H3. The Bertz CT molecular complexity index is 967. The molecule has 0 spiro atoms. The van der Waals surface area contributed by atoms with Crippen molar-refractivity contribution in [2.75, 3.05) is 19.8 Å². The molecule has 0 fully saturated rings. The van der Waals surface area contributed by atoms with Crippen LogP contribution in [0, 0.1) is 5.92 Å². The van der Waals surface area contributed by atoms with Crippen molar-refractivity contribution in [2.24, 2.45) is 5.92 Å². The van der Waals surface area contributed by atoms with Gasteiger partial charge in [0.05, 0.1) is 15.7 Å². The summed E-state index contributed by atoms with van der Waals surface area (Å²) in [6, 6.07) is 11.6. The summed E-state index contributed by atoms with van der Waals surface area (Å²) >= 11 is 1.55. The smallest absolute Gasteiger partial charge is 0.254 e. The van der Waals surface area contributed by atoms with Crippen molar-refractivity contribution in [3.8, 4) is 11.5 Å². The quantitative estimate of drug-likeness (QED) is 0.658. The van der Waals surface area contributed by atoms with Crippen molar-refractivity contribution in [1.82, 2.24) is 9.88 Å². The molecule has 0 N–H and O–H groups in total. The number of benzene rings is 2. The summed E-state index contributed by atoms with van der Waals surface area (Å²) in [7, 11) is 0. The van der Waals surface area contributed by atoms with Crippen molar-refractivity contribution >= 4 is 27.5 Å². The van der Waals surface area contributed by atoms with Crippen molar-refractivity contribution in [3.63, 3.8) is 0 Å². The Morgan fingerprint density at radius 2 is 1.96 bits per heavy atom. The fourth-order valence-electron chi connectivity index (χ4n) is 3.24. The number of aromatic nitrogens is 1. The largest absolute Gasteiger partial charge is 0.486 e. The number of amides is 1. The van der Waals surface area contributed by atoms with E-state index in [1.54, 1.807) is 16.8 Å². The van der Waals surface area contributed by atoms with Gasteiger partial charge in [0.25, 0.3) is 5.91 Å². The van der Waals surface area contributed by atoms with Crippen LogP contribution in [0.5, 0.6) is 11.5 Å². The van der Waals surface area contributed by atoms with E-state index < -0.39 is 0 Å². The summed E-state index contributed by atoms with van der Waals surface area (Å²) in [6.45, 7) is 6.60. The molecule has 0 saturated heterocycles. The number of carbonyl (C=O) groups is 1. The zero-order chi connectivity index (χ0) is 18.8. The highest BCUT2D eigenvalue weighted by Crippen LogP contribution is 2.31. The third-order valence-corrected chi connectivity index (χ3v) is 5.22. The monoisotopic (exact) mass is 382 g/mol. The molecule has 0 aliphatic carbocycles. The first-order chi connectivity index (χ1) is 13.1. The number of fused-ring (bicyclic) bond motifs is 2. The second-order valence-corrected chi connectivity index (χ2v) is 7.98. The van der Waals surface area contributed by atoms with E-state index in [0.29, 0.717) is 37.8 Å². The van der Waals surface area contributed by atoms with Crippen LogP contribution in [0.15, 0.2) is 41.9 Å². The third-order valence-electron chi connectivity index (χ3n) is 4.43. The fraction of sp³-hybridized carbons (Fsp3) is 0.333. The zero-order valence-electron chi connectivity index (χ0n) is 15.5. The average molecular weight is 382 g/mol. The Morgan fingerprint density at radius 1 is 1.15 bits per heavy atom. The molecule has 2 aromatic carbocycles. The minimum atomic E-state index is 0.0360. The normalized spacial score (nSPS) is 13.1. The van der Waals surface area contributed by atoms with Gasteiger partial charge in [-0.25, -0.2) is 4.98 Å². The van der Waals surface area contributed by atoms with Gasteiger partial charge in [-0.2, -0.15) is 0 Å². The fourth-order valence-corrected chi connectivity index (χ4v) is 3.95. The first-order valence-electron chi connectivity index (χ1n) is 9.11. The van der Waals surface area contributed by atoms with Gasteiger partial charge in [-0.1, -0.05) is 19.9 Å². The number of carbonyl (C=O) groups excluding carboxylic acids is 1. The molecule has 27 heavy (non-hydrogen) atoms. The van der Waals surface area contributed by atoms with Gasteiger partial charge in [0, 0.05) is 18.7 Å². The molecule has 4 rings (SSSR count). The molecule has 1 aliphatic heterocycles. The van der Waals surface area contributed by atoms with E-state index in [2.05, 4.69) is 18.8 Å². The topological polar surface area (TPSA) is 51.7 Å². The Hall–Kier alpha value is -2.60. The molecule has 1 amide bonds. The van der Waals surface area contributed by atoms with Gasteiger partial charge >= 0.3 is 0 Å². The first-order valence-corrected chi connectivity index (χ1v) is 9.99. The van der Waals surface area contributed by atoms with Gasteiger partial charge in [0.15, 0.2) is 11.5 Å². The molecule has 0 saturated carbocycles. The molecule has 0 atom stereocenters. The van der Waals surface area contributed by atoms with Crippen molar-refractivity contribution in [2.45, 2.75) is 20.4 Å². The van der Waals surface area contributed by atoms with Gasteiger partial charge in [-0.3, -0.25) is 4.79 Å². The average Bonchev–Trinajstić information content (AvgIpc) is 3.14. The summed E-state index contributed by atoms with van der Waals surface area (Å²) in [6.07, 6.45) is 0. The van der Waals surface area contributed by atoms with Crippen molar-refractivity contribution in [3.05, 3.63) is 53.0 Å². The van der Waals surface area contributed by atoms with Gasteiger partial charge in [-0.05, 0) is 41.8 Å². The van der Waals surface area contributed by atoms with Crippen LogP contribution in [0.3, 0.4) is 0 Å². The lowest BCUT2D eigenvalue weighted by molar-refractivity contribution is 0.0722. The van der Waals surface area contributed by atoms with Crippen LogP contribution in [-0.4, -0.2) is 35.5 Å². The van der Waals surface area contributed by atoms with E-state index in [1.165, 1.54) is 0 Å². The number of hydrogen-bond acceptors (Lipinski definition) is 5. The lowest BCUT2D eigenvalue weighted by Gasteiger charge is -2.26. The van der Waals surface area contributed by atoms with E-state index in [9.17, 15) is 4.79 Å². The minimum Gasteiger partial charge on any atom is -0.486 e. The molecule has 6 heteroatoms. The van der Waals surface area contributed by atoms with Crippen LogP contribution >= 0.6 is 11.3 Å². The van der Waals surface area contributed by atoms with Crippen LogP contribution in [0.1, 0.15) is 29.8 Å². The highest BCUT2D eigenvalue weighted by Gasteiger charge is 2.20. The van der Waals surface area contributed by atoms with E-state index in [1.807, 2.05) is 41.3 Å². The minimum absolute atomic E-state index is 0.0360. The lowest BCUT2D eigenvalue weighted by atomic mass is 10.1. The molecule has 0 unspecified atom stereocenters. The van der Waals surface area contributed by atoms with Crippen molar-refractivity contribution in [1.29, 1.82) is 0 Å². The maximum absolute atomic E-state index is 13.2. The Kier molecular flexibility index (Phi) is 4.99. The summed E-state index contributed by atoms with van der Waals surface area (Å²) < 4.78 is 12.3. The second kappa shape index (κ2) is 7.56. The molecular formula is C21H22N2O3S.